The number of methoxy groups -OCH3 is 2. The number of nitrogens with one attached hydrogen (secondary N) is 1. The van der Waals surface area contributed by atoms with Crippen molar-refractivity contribution in [3.05, 3.63) is 52.6 Å². The van der Waals surface area contributed by atoms with E-state index in [0.29, 0.717) is 17.9 Å². The minimum Gasteiger partial charge on any atom is -0.493 e. The summed E-state index contributed by atoms with van der Waals surface area (Å²) in [5.74, 6) is 1.25. The van der Waals surface area contributed by atoms with Gasteiger partial charge in [-0.05, 0) is 67.3 Å². The molecule has 0 saturated carbocycles. The number of aryl methyl sites for hydroxylation is 3. The summed E-state index contributed by atoms with van der Waals surface area (Å²) in [6.45, 7) is 5.99. The van der Waals surface area contributed by atoms with Gasteiger partial charge in [-0.25, -0.2) is 0 Å². The number of ether oxygens (including phenoxy) is 2. The lowest BCUT2D eigenvalue weighted by Gasteiger charge is -2.13. The first-order chi connectivity index (χ1) is 10.9. The SMILES string of the molecule is COc1cc(C)c(CC(=O)Nc2cc(C)cc(C)c2)cc1OC. The Morgan fingerprint density at radius 3 is 2.04 bits per heavy atom. The molecule has 0 aliphatic rings. The molecule has 0 radical (unpaired) electrons. The molecular weight excluding hydrogens is 290 g/mol. The lowest BCUT2D eigenvalue weighted by atomic mass is 10.0. The van der Waals surface area contributed by atoms with Crippen molar-refractivity contribution in [2.75, 3.05) is 19.5 Å². The molecule has 0 aliphatic heterocycles. The van der Waals surface area contributed by atoms with Crippen LogP contribution in [0.15, 0.2) is 30.3 Å². The molecule has 0 unspecified atom stereocenters. The molecular formula is C19H23NO3. The number of hydrogen-bond donors (Lipinski definition) is 1. The van der Waals surface area contributed by atoms with Crippen molar-refractivity contribution in [1.82, 2.24) is 0 Å². The average molecular weight is 313 g/mol. The topological polar surface area (TPSA) is 47.6 Å². The smallest absolute Gasteiger partial charge is 0.228 e. The molecule has 4 nitrogen and oxygen atoms in total. The Hall–Kier alpha value is -2.49. The highest BCUT2D eigenvalue weighted by Crippen LogP contribution is 2.30. The third-order valence-corrected chi connectivity index (χ3v) is 3.70. The molecule has 1 N–H and O–H groups in total. The normalized spacial score (nSPS) is 10.3. The summed E-state index contributed by atoms with van der Waals surface area (Å²) in [4.78, 5) is 12.3. The molecule has 23 heavy (non-hydrogen) atoms. The van der Waals surface area contributed by atoms with Crippen LogP contribution in [0.2, 0.25) is 0 Å². The molecule has 0 aliphatic carbocycles. The molecule has 1 amide bonds. The molecule has 2 rings (SSSR count). The van der Waals surface area contributed by atoms with E-state index in [2.05, 4.69) is 11.4 Å². The van der Waals surface area contributed by atoms with Crippen LogP contribution in [0, 0.1) is 20.8 Å². The average Bonchev–Trinajstić information content (AvgIpc) is 2.47. The Morgan fingerprint density at radius 1 is 0.913 bits per heavy atom. The van der Waals surface area contributed by atoms with Gasteiger partial charge in [-0.3, -0.25) is 4.79 Å². The van der Waals surface area contributed by atoms with Crippen molar-refractivity contribution in [3.8, 4) is 11.5 Å². The van der Waals surface area contributed by atoms with Crippen LogP contribution >= 0.6 is 0 Å². The summed E-state index contributed by atoms with van der Waals surface area (Å²) < 4.78 is 10.6. The fourth-order valence-electron chi connectivity index (χ4n) is 2.64. The van der Waals surface area contributed by atoms with Crippen LogP contribution < -0.4 is 14.8 Å². The Kier molecular flexibility index (Phi) is 5.27. The molecule has 0 aromatic heterocycles. The number of carbonyl (C=O) groups is 1. The summed E-state index contributed by atoms with van der Waals surface area (Å²) in [6, 6.07) is 9.75. The van der Waals surface area contributed by atoms with Gasteiger partial charge in [-0.1, -0.05) is 6.07 Å². The van der Waals surface area contributed by atoms with E-state index >= 15 is 0 Å². The number of benzene rings is 2. The first-order valence-electron chi connectivity index (χ1n) is 7.52. The van der Waals surface area contributed by atoms with Gasteiger partial charge in [0.05, 0.1) is 20.6 Å². The van der Waals surface area contributed by atoms with Gasteiger partial charge in [0.1, 0.15) is 0 Å². The summed E-state index contributed by atoms with van der Waals surface area (Å²) in [7, 11) is 3.19. The van der Waals surface area contributed by atoms with Gasteiger partial charge in [0.25, 0.3) is 0 Å². The van der Waals surface area contributed by atoms with E-state index in [9.17, 15) is 4.79 Å². The van der Waals surface area contributed by atoms with Crippen molar-refractivity contribution in [2.45, 2.75) is 27.2 Å². The van der Waals surface area contributed by atoms with E-state index in [0.717, 1.165) is 27.9 Å². The molecule has 0 spiro atoms. The fraction of sp³-hybridized carbons (Fsp3) is 0.316. The lowest BCUT2D eigenvalue weighted by molar-refractivity contribution is -0.115. The number of carbonyl (C=O) groups excluding carboxylic acids is 1. The Balaban J connectivity index is 2.16. The molecule has 0 bridgehead atoms. The van der Waals surface area contributed by atoms with Crippen LogP contribution in [-0.2, 0) is 11.2 Å². The maximum Gasteiger partial charge on any atom is 0.228 e. The molecule has 2 aromatic rings. The third-order valence-electron chi connectivity index (χ3n) is 3.70. The van der Waals surface area contributed by atoms with Gasteiger partial charge in [0.15, 0.2) is 11.5 Å². The van der Waals surface area contributed by atoms with Gasteiger partial charge in [0, 0.05) is 5.69 Å². The Morgan fingerprint density at radius 2 is 1.48 bits per heavy atom. The standard InChI is InChI=1S/C19H23NO3/c1-12-6-13(2)8-16(7-12)20-19(21)11-15-10-18(23-5)17(22-4)9-14(15)3/h6-10H,11H2,1-5H3,(H,20,21). The summed E-state index contributed by atoms with van der Waals surface area (Å²) in [6.07, 6.45) is 0.291. The number of amides is 1. The van der Waals surface area contributed by atoms with E-state index in [1.807, 2.05) is 45.0 Å². The van der Waals surface area contributed by atoms with Crippen molar-refractivity contribution in [2.24, 2.45) is 0 Å². The Labute approximate surface area is 137 Å². The van der Waals surface area contributed by atoms with E-state index in [1.54, 1.807) is 14.2 Å². The van der Waals surface area contributed by atoms with Gasteiger partial charge in [-0.15, -0.1) is 0 Å². The van der Waals surface area contributed by atoms with Crippen LogP contribution in [0.3, 0.4) is 0 Å². The van der Waals surface area contributed by atoms with E-state index in [1.165, 1.54) is 0 Å². The third kappa shape index (κ3) is 4.25. The second-order valence-electron chi connectivity index (χ2n) is 5.74. The number of anilines is 1. The molecule has 122 valence electrons. The predicted octanol–water partition coefficient (Wildman–Crippen LogP) is 3.81. The van der Waals surface area contributed by atoms with Gasteiger partial charge in [0.2, 0.25) is 5.91 Å². The number of hydrogen-bond acceptors (Lipinski definition) is 3. The quantitative estimate of drug-likeness (QED) is 0.913. The van der Waals surface area contributed by atoms with Crippen LogP contribution in [0.25, 0.3) is 0 Å². The zero-order valence-electron chi connectivity index (χ0n) is 14.3. The summed E-state index contributed by atoms with van der Waals surface area (Å²) >= 11 is 0. The van der Waals surface area contributed by atoms with Crippen LogP contribution in [0.5, 0.6) is 11.5 Å². The van der Waals surface area contributed by atoms with Crippen LogP contribution in [0.4, 0.5) is 5.69 Å². The Bertz CT molecular complexity index is 703. The first-order valence-corrected chi connectivity index (χ1v) is 7.52. The highest BCUT2D eigenvalue weighted by molar-refractivity contribution is 5.92. The van der Waals surface area contributed by atoms with Gasteiger partial charge in [-0.2, -0.15) is 0 Å². The zero-order valence-corrected chi connectivity index (χ0v) is 14.3. The largest absolute Gasteiger partial charge is 0.493 e. The zero-order chi connectivity index (χ0) is 17.0. The van der Waals surface area contributed by atoms with Crippen LogP contribution in [-0.4, -0.2) is 20.1 Å². The highest BCUT2D eigenvalue weighted by Gasteiger charge is 2.12. The predicted molar refractivity (Wildman–Crippen MR) is 92.5 cm³/mol. The van der Waals surface area contributed by atoms with Crippen molar-refractivity contribution in [3.63, 3.8) is 0 Å². The van der Waals surface area contributed by atoms with Crippen molar-refractivity contribution >= 4 is 11.6 Å². The van der Waals surface area contributed by atoms with E-state index < -0.39 is 0 Å². The first kappa shape index (κ1) is 16.9. The summed E-state index contributed by atoms with van der Waals surface area (Å²) in [5, 5.41) is 2.95. The van der Waals surface area contributed by atoms with E-state index in [-0.39, 0.29) is 5.91 Å². The van der Waals surface area contributed by atoms with Gasteiger partial charge >= 0.3 is 0 Å². The second-order valence-corrected chi connectivity index (χ2v) is 5.74. The minimum atomic E-state index is -0.0506. The van der Waals surface area contributed by atoms with Crippen molar-refractivity contribution in [1.29, 1.82) is 0 Å². The molecule has 0 heterocycles. The van der Waals surface area contributed by atoms with Crippen molar-refractivity contribution < 1.29 is 14.3 Å². The molecule has 0 saturated heterocycles. The molecule has 4 heteroatoms. The molecule has 0 fully saturated rings. The van der Waals surface area contributed by atoms with Crippen LogP contribution in [0.1, 0.15) is 22.3 Å². The molecule has 0 atom stereocenters. The molecule has 2 aromatic carbocycles. The minimum absolute atomic E-state index is 0.0506. The monoisotopic (exact) mass is 313 g/mol. The summed E-state index contributed by atoms with van der Waals surface area (Å²) in [5.41, 5.74) is 5.00. The maximum absolute atomic E-state index is 12.3. The second kappa shape index (κ2) is 7.18. The number of rotatable bonds is 5. The van der Waals surface area contributed by atoms with Gasteiger partial charge < -0.3 is 14.8 Å². The lowest BCUT2D eigenvalue weighted by Crippen LogP contribution is -2.15. The maximum atomic E-state index is 12.3. The van der Waals surface area contributed by atoms with E-state index in [4.69, 9.17) is 9.47 Å². The highest BCUT2D eigenvalue weighted by atomic mass is 16.5. The fourth-order valence-corrected chi connectivity index (χ4v) is 2.64.